The van der Waals surface area contributed by atoms with Crippen molar-refractivity contribution in [3.05, 3.63) is 161 Å². The minimum Gasteiger partial charge on any atom is -0.457 e. The van der Waals surface area contributed by atoms with E-state index in [0.29, 0.717) is 11.4 Å². The van der Waals surface area contributed by atoms with Crippen LogP contribution in [-0.2, 0) is 18.5 Å². The summed E-state index contributed by atoms with van der Waals surface area (Å²) in [5.41, 5.74) is 31.5. The Kier molecular flexibility index (Phi) is 17.8. The van der Waals surface area contributed by atoms with Crippen LogP contribution in [0.4, 0.5) is 56.6 Å². The molecule has 18 N–H and O–H groups in total. The van der Waals surface area contributed by atoms with Crippen molar-refractivity contribution < 1.29 is 68.1 Å². The zero-order chi connectivity index (χ0) is 61.4. The van der Waals surface area contributed by atoms with Crippen LogP contribution in [0.25, 0.3) is 32.7 Å². The van der Waals surface area contributed by atoms with Crippen LogP contribution in [0.2, 0.25) is 0 Å². The molecule has 0 aliphatic carbocycles. The number of nitrogens with zero attached hydrogens (tertiary/aromatic N) is 3. The number of guanidine groups is 3. The summed E-state index contributed by atoms with van der Waals surface area (Å²) >= 11 is 0. The SMILES string of the molecule is CN=C(N)NC(=O)c1cc2c(C(F)(F)F)cc(Oc3cccc(N)c3)cc2[nH]1.CN=C(N)NC(=O)c1cc2c(C(F)(F)F)cc(Oc3ccccc3N)cc2[nH]1.CN=C(N)NC(=O)c1cc2c(C(F)(F)F)ccc(Oc3ccccc3N)c2[nH]1. The smallest absolute Gasteiger partial charge is 0.417 e. The highest BCUT2D eigenvalue weighted by atomic mass is 19.4. The molecule has 0 radical (unpaired) electrons. The van der Waals surface area contributed by atoms with E-state index in [4.69, 9.17) is 48.6 Å². The summed E-state index contributed by atoms with van der Waals surface area (Å²) < 4.78 is 138. The summed E-state index contributed by atoms with van der Waals surface area (Å²) in [4.78, 5) is 55.2. The molecule has 3 heterocycles. The Morgan fingerprint density at radius 2 is 0.845 bits per heavy atom. The predicted octanol–water partition coefficient (Wildman–Crippen LogP) is 9.71. The summed E-state index contributed by atoms with van der Waals surface area (Å²) in [5.74, 6) is -1.97. The van der Waals surface area contributed by atoms with Gasteiger partial charge in [0.2, 0.25) is 0 Å². The molecule has 9 aromatic rings. The zero-order valence-electron chi connectivity index (χ0n) is 43.8. The maximum atomic E-state index is 13.6. The third kappa shape index (κ3) is 14.6. The van der Waals surface area contributed by atoms with Gasteiger partial charge in [-0.25, -0.2) is 0 Å². The van der Waals surface area contributed by atoms with Gasteiger partial charge < -0.3 is 63.6 Å². The number of hydrogen-bond acceptors (Lipinski definition) is 12. The van der Waals surface area contributed by atoms with Gasteiger partial charge in [0.05, 0.1) is 44.6 Å². The van der Waals surface area contributed by atoms with Gasteiger partial charge in [-0.2, -0.15) is 39.5 Å². The first kappa shape index (κ1) is 60.6. The standard InChI is InChI=1S/3C18H16F3N5O2/c1-24-17(23)26-16(27)15-8-12-13(18(19,20)21)6-11(7-14(12)25-15)28-10-4-2-3-9(22)5-10;1-24-17(23)26-16(27)14-8-10-11(18(19,20)21)6-9(7-13(10)25-14)28-15-5-3-2-4-12(15)22;1-24-17(23)26-16(27)12-8-9-10(18(19,20)21)6-7-14(15(9)25-12)28-13-5-3-2-4-11(13)22/h3*2-8,25H,22H2,1H3,(H3,23,24,26,27). The van der Waals surface area contributed by atoms with E-state index in [1.165, 1.54) is 45.4 Å². The highest BCUT2D eigenvalue weighted by molar-refractivity contribution is 6.09. The lowest BCUT2D eigenvalue weighted by molar-refractivity contribution is -0.137. The number of aromatic amines is 3. The number of carbonyl (C=O) groups excluding carboxylic acids is 3. The van der Waals surface area contributed by atoms with Gasteiger partial charge in [-0.1, -0.05) is 30.3 Å². The van der Waals surface area contributed by atoms with Crippen molar-refractivity contribution in [3.8, 4) is 34.5 Å². The number of aromatic nitrogens is 3. The molecule has 21 nitrogen and oxygen atoms in total. The van der Waals surface area contributed by atoms with E-state index >= 15 is 0 Å². The third-order valence-electron chi connectivity index (χ3n) is 11.7. The van der Waals surface area contributed by atoms with Crippen LogP contribution in [0.5, 0.6) is 34.5 Å². The van der Waals surface area contributed by atoms with E-state index in [9.17, 15) is 53.9 Å². The Morgan fingerprint density at radius 1 is 0.429 bits per heavy atom. The molecule has 6 aromatic carbocycles. The van der Waals surface area contributed by atoms with Crippen LogP contribution >= 0.6 is 0 Å². The number of nitrogens with one attached hydrogen (secondary N) is 6. The largest absolute Gasteiger partial charge is 0.457 e. The average Bonchev–Trinajstić information content (AvgIpc) is 3.78. The van der Waals surface area contributed by atoms with Gasteiger partial charge in [0.1, 0.15) is 45.8 Å². The van der Waals surface area contributed by atoms with Crippen LogP contribution in [0, 0.1) is 0 Å². The first-order chi connectivity index (χ1) is 39.6. The molecule has 84 heavy (non-hydrogen) atoms. The molecule has 30 heteroatoms. The summed E-state index contributed by atoms with van der Waals surface area (Å²) in [6, 6.07) is 29.0. The van der Waals surface area contributed by atoms with E-state index in [1.807, 2.05) is 0 Å². The van der Waals surface area contributed by atoms with Crippen molar-refractivity contribution in [3.63, 3.8) is 0 Å². The molecule has 0 saturated carbocycles. The predicted molar refractivity (Wildman–Crippen MR) is 298 cm³/mol. The minimum absolute atomic E-state index is 0.00441. The van der Waals surface area contributed by atoms with Crippen LogP contribution in [0.1, 0.15) is 48.2 Å². The quantitative estimate of drug-likeness (QED) is 0.0278. The van der Waals surface area contributed by atoms with E-state index in [-0.39, 0.29) is 108 Å². The van der Waals surface area contributed by atoms with Crippen LogP contribution in [-0.4, -0.2) is 71.7 Å². The molecule has 0 saturated heterocycles. The Labute approximate surface area is 467 Å². The molecule has 0 bridgehead atoms. The van der Waals surface area contributed by atoms with Crippen molar-refractivity contribution in [2.45, 2.75) is 18.5 Å². The number of aliphatic imine (C=N–C) groups is 3. The van der Waals surface area contributed by atoms with Crippen LogP contribution < -0.4 is 64.6 Å². The fraction of sp³-hybridized carbons (Fsp3) is 0.111. The molecule has 0 spiro atoms. The topological polar surface area (TPSA) is 356 Å². The fourth-order valence-electron chi connectivity index (χ4n) is 7.73. The molecule has 3 amide bonds. The Morgan fingerprint density at radius 3 is 1.27 bits per heavy atom. The first-order valence-electron chi connectivity index (χ1n) is 24.0. The van der Waals surface area contributed by atoms with Crippen molar-refractivity contribution >= 4 is 85.4 Å². The lowest BCUT2D eigenvalue weighted by Crippen LogP contribution is -2.36. The summed E-state index contributed by atoms with van der Waals surface area (Å²) in [6.07, 6.45) is -13.9. The third-order valence-corrected chi connectivity index (χ3v) is 11.7. The number of carbonyl (C=O) groups is 3. The van der Waals surface area contributed by atoms with Gasteiger partial charge in [0, 0.05) is 61.2 Å². The number of alkyl halides is 9. The van der Waals surface area contributed by atoms with Gasteiger partial charge in [-0.05, 0) is 78.9 Å². The number of fused-ring (bicyclic) bond motifs is 3. The summed E-state index contributed by atoms with van der Waals surface area (Å²) in [6.45, 7) is 0. The average molecular weight is 1170 g/mol. The second-order valence-electron chi connectivity index (χ2n) is 17.4. The van der Waals surface area contributed by atoms with E-state index in [1.54, 1.807) is 60.7 Å². The molecule has 0 fully saturated rings. The monoisotopic (exact) mass is 1170 g/mol. The first-order valence-corrected chi connectivity index (χ1v) is 24.0. The number of hydrogen-bond donors (Lipinski definition) is 12. The number of rotatable bonds is 9. The number of ether oxygens (including phenoxy) is 3. The summed E-state index contributed by atoms with van der Waals surface area (Å²) in [7, 11) is 4.09. The van der Waals surface area contributed by atoms with Gasteiger partial charge in [0.25, 0.3) is 17.7 Å². The molecule has 0 aliphatic heterocycles. The minimum atomic E-state index is -4.67. The molecule has 0 aliphatic rings. The second kappa shape index (κ2) is 24.7. The second-order valence-corrected chi connectivity index (χ2v) is 17.4. The zero-order valence-corrected chi connectivity index (χ0v) is 43.8. The molecule has 3 aromatic heterocycles. The number of anilines is 3. The van der Waals surface area contributed by atoms with Crippen molar-refractivity contribution in [1.82, 2.24) is 30.9 Å². The normalized spacial score (nSPS) is 12.2. The lowest BCUT2D eigenvalue weighted by Gasteiger charge is -2.12. The Hall–Kier alpha value is -11.1. The fourth-order valence-corrected chi connectivity index (χ4v) is 7.73. The highest BCUT2D eigenvalue weighted by Crippen LogP contribution is 2.43. The van der Waals surface area contributed by atoms with E-state index < -0.39 is 52.9 Å². The number of amides is 3. The molecule has 0 atom stereocenters. The number of halogens is 9. The molecule has 0 unspecified atom stereocenters. The number of H-pyrrole nitrogens is 3. The van der Waals surface area contributed by atoms with Crippen molar-refractivity contribution in [2.24, 2.45) is 32.2 Å². The number of nitrogen functional groups attached to an aromatic ring is 3. The van der Waals surface area contributed by atoms with Gasteiger partial charge in [-0.3, -0.25) is 45.3 Å². The molecule has 9 rings (SSSR count). The van der Waals surface area contributed by atoms with Crippen LogP contribution in [0.3, 0.4) is 0 Å². The van der Waals surface area contributed by atoms with Crippen molar-refractivity contribution in [1.29, 1.82) is 0 Å². The maximum Gasteiger partial charge on any atom is 0.417 e. The van der Waals surface area contributed by atoms with Gasteiger partial charge in [-0.15, -0.1) is 0 Å². The van der Waals surface area contributed by atoms with Gasteiger partial charge >= 0.3 is 18.5 Å². The van der Waals surface area contributed by atoms with Gasteiger partial charge in [0.15, 0.2) is 23.6 Å². The molecular formula is C54H48F9N15O6. The molecular weight excluding hydrogens is 1130 g/mol. The van der Waals surface area contributed by atoms with E-state index in [2.05, 4.69) is 45.9 Å². The Balaban J connectivity index is 0.000000181. The van der Waals surface area contributed by atoms with E-state index in [0.717, 1.165) is 42.5 Å². The number of nitrogens with two attached hydrogens (primary N) is 6. The number of benzene rings is 6. The highest BCUT2D eigenvalue weighted by Gasteiger charge is 2.37. The Bertz CT molecular complexity index is 4030. The maximum absolute atomic E-state index is 13.6. The van der Waals surface area contributed by atoms with Crippen molar-refractivity contribution in [2.75, 3.05) is 38.3 Å². The molecule has 438 valence electrons. The summed E-state index contributed by atoms with van der Waals surface area (Å²) in [5, 5.41) is 6.19. The lowest BCUT2D eigenvalue weighted by atomic mass is 10.1. The number of para-hydroxylation sites is 4. The van der Waals surface area contributed by atoms with Crippen LogP contribution in [0.15, 0.2) is 142 Å².